The molecule has 1 aromatic carbocycles. The molecule has 0 radical (unpaired) electrons. The van der Waals surface area contributed by atoms with Crippen LogP contribution in [0.3, 0.4) is 0 Å². The second-order valence-electron chi connectivity index (χ2n) is 5.74. The number of likely N-dealkylation sites (tertiary alicyclic amines) is 1. The summed E-state index contributed by atoms with van der Waals surface area (Å²) in [6.07, 6.45) is 1.54. The molecule has 5 heteroatoms. The van der Waals surface area contributed by atoms with E-state index in [2.05, 4.69) is 10.3 Å². The molecule has 0 spiro atoms. The lowest BCUT2D eigenvalue weighted by Gasteiger charge is -2.16. The fraction of sp³-hybridized carbons (Fsp3) is 0.278. The van der Waals surface area contributed by atoms with Crippen LogP contribution in [0, 0.1) is 6.92 Å². The normalized spacial score (nSPS) is 14.1. The van der Waals surface area contributed by atoms with E-state index in [0.717, 1.165) is 24.2 Å². The van der Waals surface area contributed by atoms with Crippen LogP contribution in [-0.4, -0.2) is 28.2 Å². The number of aromatic nitrogens is 1. The van der Waals surface area contributed by atoms with Crippen molar-refractivity contribution in [1.29, 1.82) is 0 Å². The van der Waals surface area contributed by atoms with Gasteiger partial charge in [-0.15, -0.1) is 0 Å². The second-order valence-corrected chi connectivity index (χ2v) is 5.74. The first kappa shape index (κ1) is 15.2. The summed E-state index contributed by atoms with van der Waals surface area (Å²) in [7, 11) is 0. The Morgan fingerprint density at radius 3 is 2.83 bits per heavy atom. The van der Waals surface area contributed by atoms with E-state index in [1.807, 2.05) is 42.2 Å². The fourth-order valence-corrected chi connectivity index (χ4v) is 2.70. The predicted molar refractivity (Wildman–Crippen MR) is 88.0 cm³/mol. The van der Waals surface area contributed by atoms with Crippen molar-refractivity contribution in [3.05, 3.63) is 59.3 Å². The third kappa shape index (κ3) is 3.74. The molecular weight excluding hydrogens is 290 g/mol. The zero-order chi connectivity index (χ0) is 16.2. The predicted octanol–water partition coefficient (Wildman–Crippen LogP) is 2.76. The molecule has 118 valence electrons. The Morgan fingerprint density at radius 1 is 1.26 bits per heavy atom. The molecule has 2 aromatic rings. The first-order valence-corrected chi connectivity index (χ1v) is 7.73. The number of pyridine rings is 1. The van der Waals surface area contributed by atoms with Gasteiger partial charge in [-0.05, 0) is 43.2 Å². The number of carbonyl (C=O) groups is 2. The highest BCUT2D eigenvalue weighted by molar-refractivity contribution is 6.03. The van der Waals surface area contributed by atoms with Crippen molar-refractivity contribution in [1.82, 2.24) is 9.88 Å². The van der Waals surface area contributed by atoms with Crippen molar-refractivity contribution in [3.63, 3.8) is 0 Å². The molecule has 1 aromatic heterocycles. The molecule has 23 heavy (non-hydrogen) atoms. The molecule has 1 N–H and O–H groups in total. The van der Waals surface area contributed by atoms with E-state index in [-0.39, 0.29) is 11.8 Å². The van der Waals surface area contributed by atoms with Gasteiger partial charge in [0.25, 0.3) is 5.91 Å². The molecule has 0 saturated carbocycles. The van der Waals surface area contributed by atoms with Crippen LogP contribution in [0.2, 0.25) is 0 Å². The van der Waals surface area contributed by atoms with Gasteiger partial charge in [-0.2, -0.15) is 0 Å². The minimum atomic E-state index is -0.197. The van der Waals surface area contributed by atoms with Crippen LogP contribution in [0.5, 0.6) is 0 Å². The fourth-order valence-electron chi connectivity index (χ4n) is 2.70. The van der Waals surface area contributed by atoms with Crippen molar-refractivity contribution in [3.8, 4) is 0 Å². The zero-order valence-electron chi connectivity index (χ0n) is 13.1. The zero-order valence-corrected chi connectivity index (χ0v) is 13.1. The van der Waals surface area contributed by atoms with Gasteiger partial charge in [-0.1, -0.05) is 18.2 Å². The van der Waals surface area contributed by atoms with E-state index in [1.54, 1.807) is 12.1 Å². The van der Waals surface area contributed by atoms with Gasteiger partial charge >= 0.3 is 0 Å². The van der Waals surface area contributed by atoms with E-state index in [0.29, 0.717) is 24.3 Å². The number of amides is 2. The Morgan fingerprint density at radius 2 is 2.09 bits per heavy atom. The monoisotopic (exact) mass is 309 g/mol. The van der Waals surface area contributed by atoms with Gasteiger partial charge in [0.05, 0.1) is 0 Å². The minimum absolute atomic E-state index is 0.184. The standard InChI is InChI=1S/C18H19N3O2/c1-13-5-2-8-16(19-13)20-18(23)15-7-3-6-14(11-15)12-21-10-4-9-17(21)22/h2-3,5-8,11H,4,9-10,12H2,1H3,(H,19,20,23). The Balaban J connectivity index is 1.71. The molecule has 2 heterocycles. The maximum absolute atomic E-state index is 12.3. The number of aryl methyl sites for hydroxylation is 1. The van der Waals surface area contributed by atoms with Gasteiger partial charge in [0.2, 0.25) is 5.91 Å². The molecule has 2 amide bonds. The summed E-state index contributed by atoms with van der Waals surface area (Å²) in [6.45, 7) is 3.23. The number of nitrogens with zero attached hydrogens (tertiary/aromatic N) is 2. The molecule has 1 aliphatic rings. The van der Waals surface area contributed by atoms with Crippen LogP contribution in [0.4, 0.5) is 5.82 Å². The lowest BCUT2D eigenvalue weighted by molar-refractivity contribution is -0.128. The Kier molecular flexibility index (Phi) is 4.37. The summed E-state index contributed by atoms with van der Waals surface area (Å²) >= 11 is 0. The summed E-state index contributed by atoms with van der Waals surface area (Å²) in [5.41, 5.74) is 2.38. The van der Waals surface area contributed by atoms with E-state index in [4.69, 9.17) is 0 Å². The first-order chi connectivity index (χ1) is 11.1. The number of nitrogens with one attached hydrogen (secondary N) is 1. The topological polar surface area (TPSA) is 62.3 Å². The molecule has 1 fully saturated rings. The minimum Gasteiger partial charge on any atom is -0.338 e. The van der Waals surface area contributed by atoms with Crippen molar-refractivity contribution in [2.24, 2.45) is 0 Å². The lowest BCUT2D eigenvalue weighted by atomic mass is 10.1. The number of anilines is 1. The van der Waals surface area contributed by atoms with E-state index < -0.39 is 0 Å². The summed E-state index contributed by atoms with van der Waals surface area (Å²) in [5, 5.41) is 2.80. The number of benzene rings is 1. The highest BCUT2D eigenvalue weighted by Gasteiger charge is 2.20. The van der Waals surface area contributed by atoms with Crippen LogP contribution in [0.15, 0.2) is 42.5 Å². The number of hydrogen-bond acceptors (Lipinski definition) is 3. The average Bonchev–Trinajstić information content (AvgIpc) is 2.93. The van der Waals surface area contributed by atoms with Crippen LogP contribution < -0.4 is 5.32 Å². The van der Waals surface area contributed by atoms with Gasteiger partial charge in [0, 0.05) is 30.8 Å². The molecule has 3 rings (SSSR count). The van der Waals surface area contributed by atoms with E-state index in [9.17, 15) is 9.59 Å². The summed E-state index contributed by atoms with van der Waals surface area (Å²) < 4.78 is 0. The number of carbonyl (C=O) groups excluding carboxylic acids is 2. The van der Waals surface area contributed by atoms with E-state index in [1.165, 1.54) is 0 Å². The Bertz CT molecular complexity index is 743. The van der Waals surface area contributed by atoms with Crippen molar-refractivity contribution >= 4 is 17.6 Å². The highest BCUT2D eigenvalue weighted by atomic mass is 16.2. The van der Waals surface area contributed by atoms with Crippen LogP contribution in [0.1, 0.15) is 34.5 Å². The highest BCUT2D eigenvalue weighted by Crippen LogP contribution is 2.16. The maximum Gasteiger partial charge on any atom is 0.256 e. The van der Waals surface area contributed by atoms with Crippen LogP contribution >= 0.6 is 0 Å². The molecule has 0 unspecified atom stereocenters. The van der Waals surface area contributed by atoms with Gasteiger partial charge in [0.15, 0.2) is 0 Å². The van der Waals surface area contributed by atoms with E-state index >= 15 is 0 Å². The molecule has 0 atom stereocenters. The Labute approximate surface area is 135 Å². The molecule has 0 aliphatic carbocycles. The molecule has 1 saturated heterocycles. The van der Waals surface area contributed by atoms with Gasteiger partial charge < -0.3 is 10.2 Å². The summed E-state index contributed by atoms with van der Waals surface area (Å²) in [4.78, 5) is 30.2. The largest absolute Gasteiger partial charge is 0.338 e. The molecule has 0 bridgehead atoms. The average molecular weight is 309 g/mol. The third-order valence-corrected chi connectivity index (χ3v) is 3.86. The van der Waals surface area contributed by atoms with Crippen molar-refractivity contribution < 1.29 is 9.59 Å². The molecule has 5 nitrogen and oxygen atoms in total. The Hall–Kier alpha value is -2.69. The number of rotatable bonds is 4. The molecule has 1 aliphatic heterocycles. The maximum atomic E-state index is 12.3. The van der Waals surface area contributed by atoms with Crippen molar-refractivity contribution in [2.45, 2.75) is 26.3 Å². The van der Waals surface area contributed by atoms with Crippen LogP contribution in [0.25, 0.3) is 0 Å². The van der Waals surface area contributed by atoms with Gasteiger partial charge in [0.1, 0.15) is 5.82 Å². The first-order valence-electron chi connectivity index (χ1n) is 7.73. The number of hydrogen-bond donors (Lipinski definition) is 1. The third-order valence-electron chi connectivity index (χ3n) is 3.86. The van der Waals surface area contributed by atoms with Crippen molar-refractivity contribution in [2.75, 3.05) is 11.9 Å². The van der Waals surface area contributed by atoms with Crippen LogP contribution in [-0.2, 0) is 11.3 Å². The quantitative estimate of drug-likeness (QED) is 0.944. The second kappa shape index (κ2) is 6.60. The smallest absolute Gasteiger partial charge is 0.256 e. The summed E-state index contributed by atoms with van der Waals surface area (Å²) in [6, 6.07) is 12.9. The van der Waals surface area contributed by atoms with Gasteiger partial charge in [-0.25, -0.2) is 4.98 Å². The SMILES string of the molecule is Cc1cccc(NC(=O)c2cccc(CN3CCCC3=O)c2)n1. The summed E-state index contributed by atoms with van der Waals surface area (Å²) in [5.74, 6) is 0.525. The lowest BCUT2D eigenvalue weighted by Crippen LogP contribution is -2.24. The molecular formula is C18H19N3O2. The van der Waals surface area contributed by atoms with Gasteiger partial charge in [-0.3, -0.25) is 9.59 Å².